The molecule has 2 heterocycles. The molecule has 0 aromatic carbocycles. The SMILES string of the molecule is Cc1csc(CNC(=O)[C@@H]2CNC[C@H]2C)n1. The Hall–Kier alpha value is -0.940. The van der Waals surface area contributed by atoms with Crippen LogP contribution in [0.1, 0.15) is 17.6 Å². The molecule has 88 valence electrons. The van der Waals surface area contributed by atoms with Crippen LogP contribution in [0.25, 0.3) is 0 Å². The average Bonchev–Trinajstić information content (AvgIpc) is 2.84. The van der Waals surface area contributed by atoms with Gasteiger partial charge in [-0.25, -0.2) is 4.98 Å². The molecule has 1 aromatic rings. The molecule has 1 aliphatic rings. The number of nitrogens with one attached hydrogen (secondary N) is 2. The highest BCUT2D eigenvalue weighted by molar-refractivity contribution is 7.09. The molecule has 0 radical (unpaired) electrons. The summed E-state index contributed by atoms with van der Waals surface area (Å²) in [6.07, 6.45) is 0. The van der Waals surface area contributed by atoms with E-state index in [1.54, 1.807) is 11.3 Å². The summed E-state index contributed by atoms with van der Waals surface area (Å²) in [6.45, 7) is 6.36. The van der Waals surface area contributed by atoms with Crippen molar-refractivity contribution in [3.05, 3.63) is 16.1 Å². The number of nitrogens with zero attached hydrogens (tertiary/aromatic N) is 1. The number of amides is 1. The fourth-order valence-electron chi connectivity index (χ4n) is 1.94. The maximum absolute atomic E-state index is 11.9. The van der Waals surface area contributed by atoms with Crippen LogP contribution in [0, 0.1) is 18.8 Å². The van der Waals surface area contributed by atoms with Crippen molar-refractivity contribution < 1.29 is 4.79 Å². The van der Waals surface area contributed by atoms with Crippen LogP contribution in [0.3, 0.4) is 0 Å². The second-order valence-corrected chi connectivity index (χ2v) is 5.29. The van der Waals surface area contributed by atoms with E-state index in [-0.39, 0.29) is 11.8 Å². The topological polar surface area (TPSA) is 54.0 Å². The van der Waals surface area contributed by atoms with Gasteiger partial charge in [-0.1, -0.05) is 6.92 Å². The molecule has 0 aliphatic carbocycles. The summed E-state index contributed by atoms with van der Waals surface area (Å²) in [7, 11) is 0. The lowest BCUT2D eigenvalue weighted by atomic mass is 9.97. The lowest BCUT2D eigenvalue weighted by molar-refractivity contribution is -0.125. The molecule has 0 unspecified atom stereocenters. The molecule has 16 heavy (non-hydrogen) atoms. The zero-order valence-corrected chi connectivity index (χ0v) is 10.4. The number of hydrogen-bond donors (Lipinski definition) is 2. The Bertz CT molecular complexity index is 377. The van der Waals surface area contributed by atoms with Crippen molar-refractivity contribution in [1.82, 2.24) is 15.6 Å². The Kier molecular flexibility index (Phi) is 3.56. The standard InChI is InChI=1S/C11H17N3OS/c1-7-3-12-4-9(7)11(15)13-5-10-14-8(2)6-16-10/h6-7,9,12H,3-5H2,1-2H3,(H,13,15)/t7-,9-/m1/s1. The van der Waals surface area contributed by atoms with Gasteiger partial charge in [0.15, 0.2) is 0 Å². The van der Waals surface area contributed by atoms with E-state index >= 15 is 0 Å². The summed E-state index contributed by atoms with van der Waals surface area (Å²) in [5.41, 5.74) is 1.02. The molecular formula is C11H17N3OS. The number of thiazole rings is 1. The molecule has 1 amide bonds. The number of aryl methyl sites for hydroxylation is 1. The van der Waals surface area contributed by atoms with Gasteiger partial charge in [0.2, 0.25) is 5.91 Å². The van der Waals surface area contributed by atoms with Crippen molar-refractivity contribution in [2.75, 3.05) is 13.1 Å². The quantitative estimate of drug-likeness (QED) is 0.825. The smallest absolute Gasteiger partial charge is 0.225 e. The third-order valence-electron chi connectivity index (χ3n) is 2.93. The minimum absolute atomic E-state index is 0.112. The summed E-state index contributed by atoms with van der Waals surface area (Å²) in [6, 6.07) is 0. The van der Waals surface area contributed by atoms with Crippen molar-refractivity contribution in [2.24, 2.45) is 11.8 Å². The summed E-state index contributed by atoms with van der Waals surface area (Å²) in [5, 5.41) is 9.16. The monoisotopic (exact) mass is 239 g/mol. The minimum atomic E-state index is 0.112. The molecule has 2 atom stereocenters. The fourth-order valence-corrected chi connectivity index (χ4v) is 2.65. The van der Waals surface area contributed by atoms with Gasteiger partial charge in [-0.05, 0) is 19.4 Å². The molecule has 1 aliphatic heterocycles. The maximum atomic E-state index is 11.9. The third kappa shape index (κ3) is 2.59. The highest BCUT2D eigenvalue weighted by atomic mass is 32.1. The number of carbonyl (C=O) groups excluding carboxylic acids is 1. The number of rotatable bonds is 3. The Labute approximate surface area is 99.5 Å². The van der Waals surface area contributed by atoms with Gasteiger partial charge in [-0.15, -0.1) is 11.3 Å². The van der Waals surface area contributed by atoms with E-state index in [0.29, 0.717) is 12.5 Å². The number of aromatic nitrogens is 1. The van der Waals surface area contributed by atoms with E-state index in [4.69, 9.17) is 0 Å². The third-order valence-corrected chi connectivity index (χ3v) is 3.90. The Balaban J connectivity index is 1.83. The first kappa shape index (κ1) is 11.5. The van der Waals surface area contributed by atoms with Gasteiger partial charge in [0.05, 0.1) is 12.5 Å². The van der Waals surface area contributed by atoms with Gasteiger partial charge >= 0.3 is 0 Å². The van der Waals surface area contributed by atoms with Gasteiger partial charge in [0.25, 0.3) is 0 Å². The summed E-state index contributed by atoms with van der Waals surface area (Å²) in [5.74, 6) is 0.685. The van der Waals surface area contributed by atoms with Crippen LogP contribution >= 0.6 is 11.3 Å². The first-order valence-corrected chi connectivity index (χ1v) is 6.44. The average molecular weight is 239 g/mol. The summed E-state index contributed by atoms with van der Waals surface area (Å²) in [4.78, 5) is 16.2. The van der Waals surface area contributed by atoms with Crippen LogP contribution in [-0.4, -0.2) is 24.0 Å². The second-order valence-electron chi connectivity index (χ2n) is 4.34. The highest BCUT2D eigenvalue weighted by Crippen LogP contribution is 2.16. The number of hydrogen-bond acceptors (Lipinski definition) is 4. The second kappa shape index (κ2) is 4.93. The Morgan fingerprint density at radius 2 is 2.50 bits per heavy atom. The zero-order valence-electron chi connectivity index (χ0n) is 9.62. The predicted molar refractivity (Wildman–Crippen MR) is 64.2 cm³/mol. The molecule has 5 heteroatoms. The van der Waals surface area contributed by atoms with Gasteiger partial charge in [0, 0.05) is 17.6 Å². The molecular weight excluding hydrogens is 222 g/mol. The molecule has 1 aromatic heterocycles. The van der Waals surface area contributed by atoms with E-state index in [1.165, 1.54) is 0 Å². The first-order valence-electron chi connectivity index (χ1n) is 5.56. The lowest BCUT2D eigenvalue weighted by Gasteiger charge is -2.13. The van der Waals surface area contributed by atoms with Crippen molar-refractivity contribution in [3.8, 4) is 0 Å². The van der Waals surface area contributed by atoms with Crippen LogP contribution in [-0.2, 0) is 11.3 Å². The van der Waals surface area contributed by atoms with Crippen LogP contribution in [0.2, 0.25) is 0 Å². The van der Waals surface area contributed by atoms with E-state index in [1.807, 2.05) is 12.3 Å². The van der Waals surface area contributed by atoms with Crippen molar-refractivity contribution in [2.45, 2.75) is 20.4 Å². The minimum Gasteiger partial charge on any atom is -0.349 e. The molecule has 2 rings (SSSR count). The van der Waals surface area contributed by atoms with Crippen LogP contribution < -0.4 is 10.6 Å². The van der Waals surface area contributed by atoms with Crippen LogP contribution in [0.4, 0.5) is 0 Å². The van der Waals surface area contributed by atoms with E-state index in [0.717, 1.165) is 23.8 Å². The fraction of sp³-hybridized carbons (Fsp3) is 0.636. The van der Waals surface area contributed by atoms with Crippen molar-refractivity contribution in [3.63, 3.8) is 0 Å². The summed E-state index contributed by atoms with van der Waals surface area (Å²) < 4.78 is 0. The van der Waals surface area contributed by atoms with Gasteiger partial charge < -0.3 is 10.6 Å². The molecule has 0 bridgehead atoms. The Morgan fingerprint density at radius 3 is 3.06 bits per heavy atom. The van der Waals surface area contributed by atoms with E-state index in [2.05, 4.69) is 22.5 Å². The first-order chi connectivity index (χ1) is 7.66. The molecule has 2 N–H and O–H groups in total. The zero-order chi connectivity index (χ0) is 11.5. The molecule has 4 nitrogen and oxygen atoms in total. The van der Waals surface area contributed by atoms with E-state index < -0.39 is 0 Å². The van der Waals surface area contributed by atoms with Crippen LogP contribution in [0.15, 0.2) is 5.38 Å². The lowest BCUT2D eigenvalue weighted by Crippen LogP contribution is -2.33. The summed E-state index contributed by atoms with van der Waals surface area (Å²) >= 11 is 1.59. The normalized spacial score (nSPS) is 24.6. The van der Waals surface area contributed by atoms with Crippen LogP contribution in [0.5, 0.6) is 0 Å². The van der Waals surface area contributed by atoms with Crippen molar-refractivity contribution >= 4 is 17.2 Å². The van der Waals surface area contributed by atoms with Gasteiger partial charge in [-0.3, -0.25) is 4.79 Å². The molecule has 0 spiro atoms. The largest absolute Gasteiger partial charge is 0.349 e. The highest BCUT2D eigenvalue weighted by Gasteiger charge is 2.29. The molecule has 0 saturated carbocycles. The number of carbonyl (C=O) groups is 1. The molecule has 1 saturated heterocycles. The van der Waals surface area contributed by atoms with E-state index in [9.17, 15) is 4.79 Å². The van der Waals surface area contributed by atoms with Crippen molar-refractivity contribution in [1.29, 1.82) is 0 Å². The van der Waals surface area contributed by atoms with Gasteiger partial charge in [-0.2, -0.15) is 0 Å². The Morgan fingerprint density at radius 1 is 1.69 bits per heavy atom. The predicted octanol–water partition coefficient (Wildman–Crippen LogP) is 0.923. The molecule has 1 fully saturated rings. The maximum Gasteiger partial charge on any atom is 0.225 e. The van der Waals surface area contributed by atoms with Gasteiger partial charge in [0.1, 0.15) is 5.01 Å².